The first-order valence-electron chi connectivity index (χ1n) is 15.8. The summed E-state index contributed by atoms with van der Waals surface area (Å²) in [5.74, 6) is -0.548. The van der Waals surface area contributed by atoms with Gasteiger partial charge < -0.3 is 19.3 Å². The number of anilines is 1. The van der Waals surface area contributed by atoms with Crippen molar-refractivity contribution in [1.29, 1.82) is 0 Å². The topological polar surface area (TPSA) is 89.6 Å². The van der Waals surface area contributed by atoms with Crippen molar-refractivity contribution in [2.24, 2.45) is 7.05 Å². The maximum Gasteiger partial charge on any atom is 0.337 e. The van der Waals surface area contributed by atoms with Crippen LogP contribution in [0.5, 0.6) is 5.75 Å². The van der Waals surface area contributed by atoms with Crippen molar-refractivity contribution in [3.05, 3.63) is 97.9 Å². The van der Waals surface area contributed by atoms with Gasteiger partial charge in [-0.15, -0.1) is 0 Å². The molecule has 2 aromatic heterocycles. The van der Waals surface area contributed by atoms with Gasteiger partial charge in [-0.25, -0.2) is 4.79 Å². The van der Waals surface area contributed by atoms with E-state index < -0.39 is 5.97 Å². The third-order valence-corrected chi connectivity index (χ3v) is 10.2. The highest BCUT2D eigenvalue weighted by molar-refractivity contribution is 6.35. The molecule has 244 valence electrons. The summed E-state index contributed by atoms with van der Waals surface area (Å²) in [6.45, 7) is 10.8. The molecule has 0 radical (unpaired) electrons. The fraction of sp³-hybridized carbons (Fsp3) is 0.324. The smallest absolute Gasteiger partial charge is 0.337 e. The predicted molar refractivity (Wildman–Crippen MR) is 188 cm³/mol. The molecule has 1 aliphatic rings. The van der Waals surface area contributed by atoms with Crippen LogP contribution in [0.1, 0.15) is 68.7 Å². The van der Waals surface area contributed by atoms with E-state index in [1.54, 1.807) is 29.2 Å². The Kier molecular flexibility index (Phi) is 8.85. The summed E-state index contributed by atoms with van der Waals surface area (Å²) < 4.78 is 10.1. The molecule has 8 nitrogen and oxygen atoms in total. The molecule has 5 aromatic rings. The fourth-order valence-corrected chi connectivity index (χ4v) is 7.39. The average Bonchev–Trinajstić information content (AvgIpc) is 3.49. The van der Waals surface area contributed by atoms with E-state index >= 15 is 0 Å². The highest BCUT2D eigenvalue weighted by atomic mass is 35.5. The van der Waals surface area contributed by atoms with Crippen LogP contribution in [0.4, 0.5) is 5.69 Å². The van der Waals surface area contributed by atoms with Gasteiger partial charge in [0, 0.05) is 40.8 Å². The second-order valence-electron chi connectivity index (χ2n) is 12.3. The number of aromatic nitrogens is 3. The van der Waals surface area contributed by atoms with Crippen molar-refractivity contribution in [1.82, 2.24) is 14.3 Å². The lowest BCUT2D eigenvalue weighted by atomic mass is 9.98. The van der Waals surface area contributed by atoms with Crippen molar-refractivity contribution < 1.29 is 19.4 Å². The number of para-hydroxylation sites is 1. The molecule has 3 aromatic carbocycles. The van der Waals surface area contributed by atoms with Crippen molar-refractivity contribution in [2.45, 2.75) is 66.5 Å². The number of ether oxygens (including phenoxy) is 1. The number of benzene rings is 3. The largest absolute Gasteiger partial charge is 0.494 e. The second-order valence-corrected chi connectivity index (χ2v) is 13.1. The molecule has 47 heavy (non-hydrogen) atoms. The number of carboxylic acids is 1. The van der Waals surface area contributed by atoms with E-state index in [4.69, 9.17) is 27.9 Å². The van der Waals surface area contributed by atoms with Gasteiger partial charge in [0.2, 0.25) is 0 Å². The zero-order valence-electron chi connectivity index (χ0n) is 27.4. The first kappa shape index (κ1) is 32.7. The molecular formula is C37H38Cl2N4O4. The summed E-state index contributed by atoms with van der Waals surface area (Å²) >= 11 is 13.4. The number of fused-ring (bicyclic) bond motifs is 3. The van der Waals surface area contributed by atoms with Crippen molar-refractivity contribution in [3.8, 4) is 16.9 Å². The molecule has 0 spiro atoms. The van der Waals surface area contributed by atoms with Crippen LogP contribution in [0.15, 0.2) is 48.5 Å². The molecule has 1 atom stereocenters. The van der Waals surface area contributed by atoms with E-state index in [2.05, 4.69) is 9.67 Å². The maximum atomic E-state index is 14.8. The van der Waals surface area contributed by atoms with Crippen LogP contribution in [0.2, 0.25) is 10.0 Å². The molecule has 0 bridgehead atoms. The first-order valence-corrected chi connectivity index (χ1v) is 16.6. The molecule has 1 amide bonds. The van der Waals surface area contributed by atoms with E-state index in [0.29, 0.717) is 48.8 Å². The average molecular weight is 674 g/mol. The third-order valence-electron chi connectivity index (χ3n) is 9.33. The van der Waals surface area contributed by atoms with Crippen LogP contribution in [0.3, 0.4) is 0 Å². The molecule has 6 rings (SSSR count). The number of halogens is 2. The molecule has 1 aliphatic heterocycles. The SMILES string of the molecule is CC[C@@H]1Cn2c(c(CCCOc3cc(C)c(Cl)c(C)c3)c3ccc(Cl)c(-c4c(C)nn(C)c4C)c32)C(=O)N1c1ccccc1C(=O)O. The Hall–Kier alpha value is -4.27. The Bertz CT molecular complexity index is 2040. The molecule has 0 aliphatic carbocycles. The minimum atomic E-state index is -1.07. The zero-order chi connectivity index (χ0) is 33.7. The van der Waals surface area contributed by atoms with Crippen LogP contribution in [-0.4, -0.2) is 44.0 Å². The van der Waals surface area contributed by atoms with Crippen LogP contribution in [-0.2, 0) is 20.0 Å². The molecule has 1 N–H and O–H groups in total. The number of rotatable bonds is 9. The summed E-state index contributed by atoms with van der Waals surface area (Å²) in [4.78, 5) is 28.8. The van der Waals surface area contributed by atoms with Crippen LogP contribution in [0, 0.1) is 27.7 Å². The van der Waals surface area contributed by atoms with Gasteiger partial charge in [-0.2, -0.15) is 5.10 Å². The van der Waals surface area contributed by atoms with E-state index in [-0.39, 0.29) is 17.5 Å². The molecule has 3 heterocycles. The summed E-state index contributed by atoms with van der Waals surface area (Å²) in [5, 5.41) is 17.0. The van der Waals surface area contributed by atoms with Gasteiger partial charge in [0.15, 0.2) is 0 Å². The second kappa shape index (κ2) is 12.7. The molecule has 0 unspecified atom stereocenters. The number of hydrogen-bond donors (Lipinski definition) is 1. The van der Waals surface area contributed by atoms with Crippen molar-refractivity contribution in [3.63, 3.8) is 0 Å². The lowest BCUT2D eigenvalue weighted by Crippen LogP contribution is -2.48. The molecule has 0 saturated heterocycles. The van der Waals surface area contributed by atoms with Crippen LogP contribution >= 0.6 is 23.2 Å². The molecule has 0 saturated carbocycles. The van der Waals surface area contributed by atoms with Crippen molar-refractivity contribution >= 4 is 51.7 Å². The standard InChI is InChI=1S/C37H38Cl2N4O4/c1-7-24-19-42-34-27(14-15-29(38)32(34)31-22(4)40-41(6)23(31)5)26(12-10-16-47-25-17-20(2)33(39)21(3)18-25)35(42)36(44)43(24)30-13-9-8-11-28(30)37(45)46/h8-9,11,13-15,17-18,24H,7,10,12,16,19H2,1-6H3,(H,45,46)/t24-/m1/s1. The quantitative estimate of drug-likeness (QED) is 0.158. The van der Waals surface area contributed by atoms with Crippen LogP contribution < -0.4 is 9.64 Å². The summed E-state index contributed by atoms with van der Waals surface area (Å²) in [5.41, 5.74) is 8.36. The Morgan fingerprint density at radius 3 is 2.38 bits per heavy atom. The van der Waals surface area contributed by atoms with Gasteiger partial charge >= 0.3 is 5.97 Å². The number of carbonyl (C=O) groups excluding carboxylic acids is 1. The predicted octanol–water partition coefficient (Wildman–Crippen LogP) is 8.73. The normalized spacial score (nSPS) is 14.6. The van der Waals surface area contributed by atoms with Gasteiger partial charge in [0.1, 0.15) is 11.4 Å². The Morgan fingerprint density at radius 2 is 1.74 bits per heavy atom. The minimum Gasteiger partial charge on any atom is -0.494 e. The van der Waals surface area contributed by atoms with Crippen LogP contribution in [0.25, 0.3) is 22.0 Å². The van der Waals surface area contributed by atoms with E-state index in [1.807, 2.05) is 70.6 Å². The fourth-order valence-electron chi connectivity index (χ4n) is 7.03. The Labute approximate surface area is 284 Å². The van der Waals surface area contributed by atoms with Gasteiger partial charge in [0.05, 0.1) is 40.1 Å². The molecule has 10 heteroatoms. The Balaban J connectivity index is 1.51. The monoisotopic (exact) mass is 672 g/mol. The van der Waals surface area contributed by atoms with Gasteiger partial charge in [0.25, 0.3) is 5.91 Å². The lowest BCUT2D eigenvalue weighted by molar-refractivity contribution is 0.0697. The van der Waals surface area contributed by atoms with E-state index in [9.17, 15) is 14.7 Å². The van der Waals surface area contributed by atoms with Gasteiger partial charge in [-0.3, -0.25) is 9.48 Å². The number of nitrogens with zero attached hydrogens (tertiary/aromatic N) is 4. The number of carboxylic acid groups (broad SMARTS) is 1. The maximum absolute atomic E-state index is 14.8. The first-order chi connectivity index (χ1) is 22.4. The van der Waals surface area contributed by atoms with Gasteiger partial charge in [-0.05, 0) is 94.0 Å². The van der Waals surface area contributed by atoms with E-state index in [1.165, 1.54) is 0 Å². The third kappa shape index (κ3) is 5.57. The number of amides is 1. The minimum absolute atomic E-state index is 0.0951. The van der Waals surface area contributed by atoms with E-state index in [0.717, 1.165) is 60.9 Å². The number of aromatic carboxylic acids is 1. The van der Waals surface area contributed by atoms with Gasteiger partial charge in [-0.1, -0.05) is 48.3 Å². The summed E-state index contributed by atoms with van der Waals surface area (Å²) in [6, 6.07) is 14.2. The highest BCUT2D eigenvalue weighted by Crippen LogP contribution is 2.44. The lowest BCUT2D eigenvalue weighted by Gasteiger charge is -2.37. The highest BCUT2D eigenvalue weighted by Gasteiger charge is 2.39. The number of aryl methyl sites for hydroxylation is 5. The molecular weight excluding hydrogens is 635 g/mol. The molecule has 0 fully saturated rings. The Morgan fingerprint density at radius 1 is 1.04 bits per heavy atom. The number of hydrogen-bond acceptors (Lipinski definition) is 4. The summed E-state index contributed by atoms with van der Waals surface area (Å²) in [7, 11) is 1.91. The van der Waals surface area contributed by atoms with Crippen molar-refractivity contribution in [2.75, 3.05) is 11.5 Å². The summed E-state index contributed by atoms with van der Waals surface area (Å²) in [6.07, 6.45) is 1.84. The number of carbonyl (C=O) groups is 2. The zero-order valence-corrected chi connectivity index (χ0v) is 29.0.